The van der Waals surface area contributed by atoms with E-state index in [-0.39, 0.29) is 5.43 Å². The minimum absolute atomic E-state index is 0.0451. The van der Waals surface area contributed by atoms with Gasteiger partial charge in [0.25, 0.3) is 0 Å². The minimum Gasteiger partial charge on any atom is -0.289 e. The third kappa shape index (κ3) is 1.58. The highest BCUT2D eigenvalue weighted by atomic mass is 79.9. The molecule has 0 atom stereocenters. The lowest BCUT2D eigenvalue weighted by Crippen LogP contribution is -1.96. The molecule has 2 heteroatoms. The van der Waals surface area contributed by atoms with E-state index in [1.807, 2.05) is 26.8 Å². The first-order valence-electron chi connectivity index (χ1n) is 3.80. The van der Waals surface area contributed by atoms with Crippen molar-refractivity contribution in [2.45, 2.75) is 20.8 Å². The fourth-order valence-corrected chi connectivity index (χ4v) is 1.47. The van der Waals surface area contributed by atoms with Gasteiger partial charge in [-0.25, -0.2) is 0 Å². The van der Waals surface area contributed by atoms with Gasteiger partial charge in [0, 0.05) is 0 Å². The molecule has 12 heavy (non-hydrogen) atoms. The van der Waals surface area contributed by atoms with Gasteiger partial charge >= 0.3 is 0 Å². The van der Waals surface area contributed by atoms with E-state index in [9.17, 15) is 4.79 Å². The van der Waals surface area contributed by atoms with Gasteiger partial charge < -0.3 is 0 Å². The number of hydrogen-bond donors (Lipinski definition) is 0. The van der Waals surface area contributed by atoms with E-state index >= 15 is 0 Å². The first kappa shape index (κ1) is 9.46. The molecule has 0 aromatic heterocycles. The SMILES string of the molecule is Cc1ccc(=O)c(Br)c(C)c1C. The van der Waals surface area contributed by atoms with Crippen molar-refractivity contribution in [3.63, 3.8) is 0 Å². The third-order valence-electron chi connectivity index (χ3n) is 2.18. The first-order valence-corrected chi connectivity index (χ1v) is 4.60. The Morgan fingerprint density at radius 3 is 2.25 bits per heavy atom. The standard InChI is InChI=1S/C10H11BrO/c1-6-4-5-9(12)10(11)8(3)7(6)2/h4-5H,1-3H3. The van der Waals surface area contributed by atoms with Crippen LogP contribution in [0, 0.1) is 20.8 Å². The van der Waals surface area contributed by atoms with Crippen LogP contribution in [0.15, 0.2) is 21.4 Å². The van der Waals surface area contributed by atoms with Gasteiger partial charge in [-0.15, -0.1) is 0 Å². The molecule has 0 heterocycles. The summed E-state index contributed by atoms with van der Waals surface area (Å²) < 4.78 is 0.674. The largest absolute Gasteiger partial charge is 0.289 e. The Morgan fingerprint density at radius 1 is 1.08 bits per heavy atom. The summed E-state index contributed by atoms with van der Waals surface area (Å²) in [6.45, 7) is 5.98. The van der Waals surface area contributed by atoms with Crippen molar-refractivity contribution >= 4 is 15.9 Å². The van der Waals surface area contributed by atoms with Crippen molar-refractivity contribution in [1.29, 1.82) is 0 Å². The van der Waals surface area contributed by atoms with Crippen LogP contribution >= 0.6 is 15.9 Å². The van der Waals surface area contributed by atoms with Gasteiger partial charge in [0.05, 0.1) is 4.47 Å². The lowest BCUT2D eigenvalue weighted by Gasteiger charge is -1.97. The molecule has 1 nitrogen and oxygen atoms in total. The van der Waals surface area contributed by atoms with Crippen LogP contribution < -0.4 is 5.43 Å². The monoisotopic (exact) mass is 226 g/mol. The van der Waals surface area contributed by atoms with Crippen LogP contribution in [-0.4, -0.2) is 0 Å². The average Bonchev–Trinajstić information content (AvgIpc) is 2.14. The number of rotatable bonds is 0. The summed E-state index contributed by atoms with van der Waals surface area (Å²) in [7, 11) is 0. The van der Waals surface area contributed by atoms with Crippen LogP contribution in [0.2, 0.25) is 0 Å². The Morgan fingerprint density at radius 2 is 1.67 bits per heavy atom. The molecular formula is C10H11BrO. The van der Waals surface area contributed by atoms with Gasteiger partial charge in [0.15, 0.2) is 5.43 Å². The Labute approximate surface area is 80.6 Å². The second kappa shape index (κ2) is 3.40. The minimum atomic E-state index is 0.0451. The molecule has 1 aromatic carbocycles. The molecule has 0 aliphatic rings. The van der Waals surface area contributed by atoms with E-state index in [2.05, 4.69) is 15.9 Å². The first-order chi connectivity index (χ1) is 5.54. The van der Waals surface area contributed by atoms with Gasteiger partial charge in [0.2, 0.25) is 0 Å². The Balaban J connectivity index is 3.71. The summed E-state index contributed by atoms with van der Waals surface area (Å²) in [5.41, 5.74) is 3.39. The highest BCUT2D eigenvalue weighted by Crippen LogP contribution is 2.16. The number of hydrogen-bond acceptors (Lipinski definition) is 1. The normalized spacial score (nSPS) is 10.0. The van der Waals surface area contributed by atoms with Gasteiger partial charge in [-0.2, -0.15) is 0 Å². The average molecular weight is 227 g/mol. The van der Waals surface area contributed by atoms with Crippen LogP contribution in [0.1, 0.15) is 16.7 Å². The number of halogens is 1. The molecule has 0 saturated carbocycles. The summed E-state index contributed by atoms with van der Waals surface area (Å²) >= 11 is 3.28. The van der Waals surface area contributed by atoms with E-state index in [0.29, 0.717) is 4.47 Å². The van der Waals surface area contributed by atoms with Crippen LogP contribution in [0.4, 0.5) is 0 Å². The van der Waals surface area contributed by atoms with Crippen molar-refractivity contribution in [2.24, 2.45) is 0 Å². The summed E-state index contributed by atoms with van der Waals surface area (Å²) in [6.07, 6.45) is 0. The Hall–Kier alpha value is -0.630. The molecule has 0 amide bonds. The molecule has 0 spiro atoms. The molecule has 0 fully saturated rings. The highest BCUT2D eigenvalue weighted by Gasteiger charge is 2.01. The zero-order valence-corrected chi connectivity index (χ0v) is 9.03. The molecule has 0 saturated heterocycles. The summed E-state index contributed by atoms with van der Waals surface area (Å²) in [5, 5.41) is 0. The molecule has 0 N–H and O–H groups in total. The molecule has 64 valence electrons. The van der Waals surface area contributed by atoms with Crippen LogP contribution in [0.5, 0.6) is 0 Å². The quantitative estimate of drug-likeness (QED) is 0.666. The van der Waals surface area contributed by atoms with Crippen molar-refractivity contribution in [3.05, 3.63) is 43.5 Å². The maximum atomic E-state index is 11.3. The van der Waals surface area contributed by atoms with E-state index in [0.717, 1.165) is 11.1 Å². The predicted octanol–water partition coefficient (Wildman–Crippen LogP) is 2.73. The maximum Gasteiger partial charge on any atom is 0.193 e. The zero-order chi connectivity index (χ0) is 9.30. The lowest BCUT2D eigenvalue weighted by molar-refractivity contribution is 1.28. The summed E-state index contributed by atoms with van der Waals surface area (Å²) in [6, 6.07) is 3.45. The van der Waals surface area contributed by atoms with Gasteiger partial charge in [-0.05, 0) is 59.5 Å². The molecule has 0 bridgehead atoms. The molecule has 1 rings (SSSR count). The topological polar surface area (TPSA) is 17.1 Å². The van der Waals surface area contributed by atoms with Gasteiger partial charge in [-0.3, -0.25) is 4.79 Å². The Bertz CT molecular complexity index is 369. The van der Waals surface area contributed by atoms with Crippen LogP contribution in [0.3, 0.4) is 0 Å². The smallest absolute Gasteiger partial charge is 0.193 e. The van der Waals surface area contributed by atoms with Crippen molar-refractivity contribution in [2.75, 3.05) is 0 Å². The Kier molecular flexibility index (Phi) is 2.68. The van der Waals surface area contributed by atoms with Crippen molar-refractivity contribution in [3.8, 4) is 0 Å². The second-order valence-corrected chi connectivity index (χ2v) is 3.74. The van der Waals surface area contributed by atoms with E-state index in [1.165, 1.54) is 5.56 Å². The van der Waals surface area contributed by atoms with Crippen LogP contribution in [-0.2, 0) is 0 Å². The zero-order valence-electron chi connectivity index (χ0n) is 7.44. The third-order valence-corrected chi connectivity index (χ3v) is 3.17. The van der Waals surface area contributed by atoms with Gasteiger partial charge in [0.1, 0.15) is 0 Å². The maximum absolute atomic E-state index is 11.3. The highest BCUT2D eigenvalue weighted by molar-refractivity contribution is 9.10. The van der Waals surface area contributed by atoms with E-state index in [1.54, 1.807) is 6.07 Å². The molecule has 1 aromatic rings. The fraction of sp³-hybridized carbons (Fsp3) is 0.300. The fourth-order valence-electron chi connectivity index (χ4n) is 1.04. The van der Waals surface area contributed by atoms with E-state index < -0.39 is 0 Å². The summed E-state index contributed by atoms with van der Waals surface area (Å²) in [4.78, 5) is 11.3. The van der Waals surface area contributed by atoms with Crippen LogP contribution in [0.25, 0.3) is 0 Å². The molecule has 0 aliphatic heterocycles. The summed E-state index contributed by atoms with van der Waals surface area (Å²) in [5.74, 6) is 0. The molecule has 0 aliphatic carbocycles. The lowest BCUT2D eigenvalue weighted by atomic mass is 10.1. The van der Waals surface area contributed by atoms with Gasteiger partial charge in [-0.1, -0.05) is 6.07 Å². The molecule has 0 unspecified atom stereocenters. The molecule has 0 radical (unpaired) electrons. The van der Waals surface area contributed by atoms with Crippen molar-refractivity contribution < 1.29 is 0 Å². The van der Waals surface area contributed by atoms with Crippen molar-refractivity contribution in [1.82, 2.24) is 0 Å². The van der Waals surface area contributed by atoms with E-state index in [4.69, 9.17) is 0 Å². The second-order valence-electron chi connectivity index (χ2n) is 2.94. The number of aryl methyl sites for hydroxylation is 1. The predicted molar refractivity (Wildman–Crippen MR) is 54.6 cm³/mol. The molecular weight excluding hydrogens is 216 g/mol.